The highest BCUT2D eigenvalue weighted by atomic mass is 32.1. The smallest absolute Gasteiger partial charge is 0.352 e. The molecule has 0 saturated carbocycles. The summed E-state index contributed by atoms with van der Waals surface area (Å²) >= 11 is 1.31. The Kier molecular flexibility index (Phi) is 5.91. The summed E-state index contributed by atoms with van der Waals surface area (Å²) in [6.07, 6.45) is 1.41. The Balaban J connectivity index is 1.75. The van der Waals surface area contributed by atoms with E-state index in [-0.39, 0.29) is 5.70 Å². The number of hydrogen-bond acceptors (Lipinski definition) is 4. The highest BCUT2D eigenvalue weighted by Gasteiger charge is 2.14. The second-order valence-electron chi connectivity index (χ2n) is 6.16. The van der Waals surface area contributed by atoms with Crippen LogP contribution < -0.4 is 10.1 Å². The number of nitrogens with one attached hydrogen (secondary N) is 1. The van der Waals surface area contributed by atoms with E-state index < -0.39 is 11.9 Å². The lowest BCUT2D eigenvalue weighted by Gasteiger charge is -2.09. The van der Waals surface area contributed by atoms with Gasteiger partial charge in [0.05, 0.1) is 4.88 Å². The van der Waals surface area contributed by atoms with Crippen molar-refractivity contribution in [3.8, 4) is 11.5 Å². The largest absolute Gasteiger partial charge is 0.477 e. The number of para-hydroxylation sites is 1. The summed E-state index contributed by atoms with van der Waals surface area (Å²) in [5.74, 6) is -0.245. The van der Waals surface area contributed by atoms with Crippen molar-refractivity contribution >= 4 is 29.3 Å². The van der Waals surface area contributed by atoms with Gasteiger partial charge < -0.3 is 15.2 Å². The van der Waals surface area contributed by atoms with Gasteiger partial charge in [-0.15, -0.1) is 11.3 Å². The lowest BCUT2D eigenvalue weighted by atomic mass is 10.1. The average Bonchev–Trinajstić information content (AvgIpc) is 3.11. The molecule has 2 N–H and O–H groups in total. The van der Waals surface area contributed by atoms with Gasteiger partial charge in [-0.05, 0) is 61.4 Å². The van der Waals surface area contributed by atoms with E-state index in [1.165, 1.54) is 17.4 Å². The summed E-state index contributed by atoms with van der Waals surface area (Å²) in [7, 11) is 0. The van der Waals surface area contributed by atoms with Gasteiger partial charge in [0.15, 0.2) is 0 Å². The quantitative estimate of drug-likeness (QED) is 0.577. The summed E-state index contributed by atoms with van der Waals surface area (Å²) < 4.78 is 5.84. The number of aliphatic carboxylic acids is 1. The third-order valence-electron chi connectivity index (χ3n) is 3.96. The Morgan fingerprint density at radius 3 is 2.32 bits per heavy atom. The molecule has 0 bridgehead atoms. The summed E-state index contributed by atoms with van der Waals surface area (Å²) in [5.41, 5.74) is 1.46. The third kappa shape index (κ3) is 4.86. The Labute approximate surface area is 166 Å². The normalized spacial score (nSPS) is 11.1. The SMILES string of the molecule is Cc1ccc(C(=O)N/C(=C\c2ccc(Oc3ccccc3C)cc2)C(=O)O)s1. The van der Waals surface area contributed by atoms with Crippen LogP contribution >= 0.6 is 11.3 Å². The van der Waals surface area contributed by atoms with Crippen molar-refractivity contribution in [2.45, 2.75) is 13.8 Å². The highest BCUT2D eigenvalue weighted by Crippen LogP contribution is 2.25. The Morgan fingerprint density at radius 2 is 1.71 bits per heavy atom. The minimum atomic E-state index is -1.21. The standard InChI is InChI=1S/C22H19NO4S/c1-14-5-3-4-6-19(14)27-17-10-8-16(9-11-17)13-18(22(25)26)23-21(24)20-12-7-15(2)28-20/h3-13H,1-2H3,(H,23,24)(H,25,26)/b18-13-. The van der Waals surface area contributed by atoms with Crippen LogP contribution in [-0.4, -0.2) is 17.0 Å². The van der Waals surface area contributed by atoms with Crippen LogP contribution in [0.1, 0.15) is 25.7 Å². The zero-order valence-electron chi connectivity index (χ0n) is 15.4. The molecule has 1 amide bonds. The molecule has 3 rings (SSSR count). The first-order chi connectivity index (χ1) is 13.4. The van der Waals surface area contributed by atoms with Gasteiger partial charge in [-0.25, -0.2) is 4.79 Å². The fourth-order valence-corrected chi connectivity index (χ4v) is 3.25. The molecule has 3 aromatic rings. The molecular weight excluding hydrogens is 374 g/mol. The zero-order chi connectivity index (χ0) is 20.1. The Bertz CT molecular complexity index is 1030. The fourth-order valence-electron chi connectivity index (χ4n) is 2.49. The molecule has 0 saturated heterocycles. The van der Waals surface area contributed by atoms with Gasteiger partial charge in [0, 0.05) is 4.88 Å². The van der Waals surface area contributed by atoms with Gasteiger partial charge in [0.1, 0.15) is 17.2 Å². The molecule has 0 radical (unpaired) electrons. The number of benzene rings is 2. The van der Waals surface area contributed by atoms with Crippen LogP contribution in [0, 0.1) is 13.8 Å². The second kappa shape index (κ2) is 8.54. The average molecular weight is 393 g/mol. The van der Waals surface area contributed by atoms with Crippen LogP contribution in [-0.2, 0) is 4.79 Å². The van der Waals surface area contributed by atoms with Crippen LogP contribution in [0.25, 0.3) is 6.08 Å². The molecule has 0 aliphatic rings. The first kappa shape index (κ1) is 19.4. The molecule has 0 fully saturated rings. The van der Waals surface area contributed by atoms with Gasteiger partial charge in [0.2, 0.25) is 0 Å². The topological polar surface area (TPSA) is 75.6 Å². The van der Waals surface area contributed by atoms with Crippen LogP contribution in [0.2, 0.25) is 0 Å². The maximum Gasteiger partial charge on any atom is 0.352 e. The third-order valence-corrected chi connectivity index (χ3v) is 4.95. The molecule has 28 heavy (non-hydrogen) atoms. The molecule has 1 aromatic heterocycles. The van der Waals surface area contributed by atoms with E-state index in [0.717, 1.165) is 16.2 Å². The molecular formula is C22H19NO4S. The molecule has 1 heterocycles. The molecule has 6 heteroatoms. The number of rotatable bonds is 6. The number of carboxylic acid groups (broad SMARTS) is 1. The van der Waals surface area contributed by atoms with Gasteiger partial charge in [0.25, 0.3) is 5.91 Å². The second-order valence-corrected chi connectivity index (χ2v) is 7.45. The molecule has 0 aliphatic carbocycles. The van der Waals surface area contributed by atoms with Crippen molar-refractivity contribution in [3.05, 3.63) is 87.2 Å². The number of carbonyl (C=O) groups excluding carboxylic acids is 1. The van der Waals surface area contributed by atoms with Gasteiger partial charge in [-0.3, -0.25) is 4.79 Å². The summed E-state index contributed by atoms with van der Waals surface area (Å²) in [4.78, 5) is 25.2. The number of thiophene rings is 1. The minimum absolute atomic E-state index is 0.191. The number of carboxylic acids is 1. The highest BCUT2D eigenvalue weighted by molar-refractivity contribution is 7.13. The maximum absolute atomic E-state index is 12.2. The first-order valence-corrected chi connectivity index (χ1v) is 9.40. The molecule has 142 valence electrons. The number of carbonyl (C=O) groups is 2. The van der Waals surface area contributed by atoms with E-state index in [0.29, 0.717) is 16.2 Å². The van der Waals surface area contributed by atoms with Crippen molar-refractivity contribution in [1.82, 2.24) is 5.32 Å². The summed E-state index contributed by atoms with van der Waals surface area (Å²) in [6, 6.07) is 18.1. The Morgan fingerprint density at radius 1 is 1.00 bits per heavy atom. The van der Waals surface area contributed by atoms with Crippen molar-refractivity contribution in [2.75, 3.05) is 0 Å². The van der Waals surface area contributed by atoms with Gasteiger partial charge in [-0.1, -0.05) is 30.3 Å². The monoisotopic (exact) mass is 393 g/mol. The van der Waals surface area contributed by atoms with Crippen molar-refractivity contribution in [1.29, 1.82) is 0 Å². The lowest BCUT2D eigenvalue weighted by molar-refractivity contribution is -0.132. The van der Waals surface area contributed by atoms with E-state index in [9.17, 15) is 14.7 Å². The summed E-state index contributed by atoms with van der Waals surface area (Å²) in [5, 5.41) is 11.9. The van der Waals surface area contributed by atoms with Gasteiger partial charge in [-0.2, -0.15) is 0 Å². The predicted octanol–water partition coefficient (Wildman–Crippen LogP) is 5.01. The van der Waals surface area contributed by atoms with Crippen LogP contribution in [0.4, 0.5) is 0 Å². The van der Waals surface area contributed by atoms with Crippen LogP contribution in [0.5, 0.6) is 11.5 Å². The molecule has 0 atom stereocenters. The molecule has 5 nitrogen and oxygen atoms in total. The van der Waals surface area contributed by atoms with Crippen molar-refractivity contribution in [3.63, 3.8) is 0 Å². The minimum Gasteiger partial charge on any atom is -0.477 e. The van der Waals surface area contributed by atoms with E-state index in [2.05, 4.69) is 5.32 Å². The number of aryl methyl sites for hydroxylation is 2. The van der Waals surface area contributed by atoms with Gasteiger partial charge >= 0.3 is 5.97 Å². The summed E-state index contributed by atoms with van der Waals surface area (Å²) in [6.45, 7) is 3.85. The number of hydrogen-bond donors (Lipinski definition) is 2. The van der Waals surface area contributed by atoms with E-state index >= 15 is 0 Å². The molecule has 0 unspecified atom stereocenters. The van der Waals surface area contributed by atoms with E-state index in [1.54, 1.807) is 30.3 Å². The lowest BCUT2D eigenvalue weighted by Crippen LogP contribution is -2.26. The van der Waals surface area contributed by atoms with Crippen molar-refractivity contribution < 1.29 is 19.4 Å². The maximum atomic E-state index is 12.2. The zero-order valence-corrected chi connectivity index (χ0v) is 16.2. The van der Waals surface area contributed by atoms with Crippen molar-refractivity contribution in [2.24, 2.45) is 0 Å². The Hall–Kier alpha value is -3.38. The molecule has 0 spiro atoms. The van der Waals surface area contributed by atoms with E-state index in [4.69, 9.17) is 4.74 Å². The first-order valence-electron chi connectivity index (χ1n) is 8.59. The van der Waals surface area contributed by atoms with Crippen LogP contribution in [0.15, 0.2) is 66.4 Å². The molecule has 2 aromatic carbocycles. The fraction of sp³-hybridized carbons (Fsp3) is 0.0909. The van der Waals surface area contributed by atoms with E-state index in [1.807, 2.05) is 44.2 Å². The van der Waals surface area contributed by atoms with Crippen LogP contribution in [0.3, 0.4) is 0 Å². The number of ether oxygens (including phenoxy) is 1. The number of amides is 1. The molecule has 0 aliphatic heterocycles. The predicted molar refractivity (Wildman–Crippen MR) is 110 cm³/mol.